The average molecular weight is 441 g/mol. The van der Waals surface area contributed by atoms with Crippen LogP contribution < -0.4 is 4.72 Å². The second-order valence-electron chi connectivity index (χ2n) is 7.82. The van der Waals surface area contributed by atoms with Crippen LogP contribution in [0, 0.1) is 6.92 Å². The molecule has 9 heteroatoms. The lowest BCUT2D eigenvalue weighted by atomic mass is 10.2. The molecule has 31 heavy (non-hydrogen) atoms. The van der Waals surface area contributed by atoms with Crippen molar-refractivity contribution in [3.63, 3.8) is 0 Å². The van der Waals surface area contributed by atoms with Crippen molar-refractivity contribution in [2.45, 2.75) is 43.5 Å². The largest absolute Gasteiger partial charge is 0.353 e. The summed E-state index contributed by atoms with van der Waals surface area (Å²) in [4.78, 5) is 9.18. The van der Waals surface area contributed by atoms with Gasteiger partial charge in [0.25, 0.3) is 10.0 Å². The van der Waals surface area contributed by atoms with E-state index in [-0.39, 0.29) is 23.2 Å². The van der Waals surface area contributed by atoms with Crippen LogP contribution in [0.2, 0.25) is 0 Å². The van der Waals surface area contributed by atoms with Crippen molar-refractivity contribution in [2.24, 2.45) is 4.99 Å². The smallest absolute Gasteiger partial charge is 0.264 e. The predicted octanol–water partition coefficient (Wildman–Crippen LogP) is 3.13. The Bertz CT molecular complexity index is 1230. The van der Waals surface area contributed by atoms with Gasteiger partial charge in [-0.1, -0.05) is 17.7 Å². The number of pyridine rings is 1. The van der Waals surface area contributed by atoms with Gasteiger partial charge in [0.15, 0.2) is 6.29 Å². The summed E-state index contributed by atoms with van der Waals surface area (Å²) in [7, 11) is -3.81. The second-order valence-corrected chi connectivity index (χ2v) is 9.51. The SMILES string of the molecule is Cc1ccc(S(=O)(=O)NC2=NCC(OC3CCCCO3)c3cc4cccnc4n32)cc1. The zero-order chi connectivity index (χ0) is 21.4. The Balaban J connectivity index is 1.50. The molecule has 5 rings (SSSR count). The van der Waals surface area contributed by atoms with Gasteiger partial charge in [-0.3, -0.25) is 4.57 Å². The van der Waals surface area contributed by atoms with E-state index >= 15 is 0 Å². The number of aliphatic imine (C=N–C) groups is 1. The lowest BCUT2D eigenvalue weighted by molar-refractivity contribution is -0.189. The van der Waals surface area contributed by atoms with Crippen molar-refractivity contribution < 1.29 is 17.9 Å². The molecule has 1 N–H and O–H groups in total. The molecule has 4 heterocycles. The highest BCUT2D eigenvalue weighted by Gasteiger charge is 2.31. The number of fused-ring (bicyclic) bond motifs is 3. The Morgan fingerprint density at radius 1 is 1.19 bits per heavy atom. The molecule has 2 aliphatic rings. The number of hydrogen-bond donors (Lipinski definition) is 1. The lowest BCUT2D eigenvalue weighted by Gasteiger charge is -2.30. The lowest BCUT2D eigenvalue weighted by Crippen LogP contribution is -2.40. The number of ether oxygens (including phenoxy) is 2. The van der Waals surface area contributed by atoms with E-state index in [0.717, 1.165) is 35.9 Å². The maximum Gasteiger partial charge on any atom is 0.264 e. The molecular weight excluding hydrogens is 416 g/mol. The Hall–Kier alpha value is -2.75. The fourth-order valence-electron chi connectivity index (χ4n) is 3.94. The third-order valence-electron chi connectivity index (χ3n) is 5.55. The Morgan fingerprint density at radius 3 is 2.81 bits per heavy atom. The van der Waals surface area contributed by atoms with Crippen LogP contribution >= 0.6 is 0 Å². The summed E-state index contributed by atoms with van der Waals surface area (Å²) in [6.45, 7) is 2.89. The highest BCUT2D eigenvalue weighted by atomic mass is 32.2. The number of nitrogens with zero attached hydrogens (tertiary/aromatic N) is 3. The fraction of sp³-hybridized carbons (Fsp3) is 0.364. The molecule has 2 aliphatic heterocycles. The van der Waals surface area contributed by atoms with Crippen molar-refractivity contribution in [1.29, 1.82) is 0 Å². The van der Waals surface area contributed by atoms with Gasteiger partial charge in [-0.25, -0.2) is 23.1 Å². The minimum atomic E-state index is -3.81. The highest BCUT2D eigenvalue weighted by molar-refractivity contribution is 7.90. The third-order valence-corrected chi connectivity index (χ3v) is 6.89. The van der Waals surface area contributed by atoms with Crippen LogP contribution in [0.25, 0.3) is 11.0 Å². The summed E-state index contributed by atoms with van der Waals surface area (Å²) in [6, 6.07) is 12.5. The van der Waals surface area contributed by atoms with E-state index in [1.54, 1.807) is 35.0 Å². The summed E-state index contributed by atoms with van der Waals surface area (Å²) < 4.78 is 42.3. The minimum absolute atomic E-state index is 0.181. The topological polar surface area (TPSA) is 94.8 Å². The van der Waals surface area contributed by atoms with Crippen molar-refractivity contribution in [2.75, 3.05) is 13.2 Å². The molecular formula is C22H24N4O4S. The normalized spacial score (nSPS) is 21.5. The van der Waals surface area contributed by atoms with Gasteiger partial charge in [0.1, 0.15) is 11.8 Å². The number of nitrogens with one attached hydrogen (secondary N) is 1. The second kappa shape index (κ2) is 8.07. The Labute approximate surface area is 181 Å². The van der Waals surface area contributed by atoms with E-state index in [9.17, 15) is 8.42 Å². The van der Waals surface area contributed by atoms with Crippen molar-refractivity contribution >= 4 is 27.0 Å². The number of aryl methyl sites for hydroxylation is 1. The molecule has 1 saturated heterocycles. The van der Waals surface area contributed by atoms with Crippen LogP contribution in [0.4, 0.5) is 0 Å². The molecule has 1 fully saturated rings. The van der Waals surface area contributed by atoms with E-state index in [1.165, 1.54) is 0 Å². The molecule has 2 aromatic heterocycles. The number of benzene rings is 1. The van der Waals surface area contributed by atoms with Gasteiger partial charge in [-0.2, -0.15) is 0 Å². The zero-order valence-corrected chi connectivity index (χ0v) is 18.0. The first-order chi connectivity index (χ1) is 15.0. The van der Waals surface area contributed by atoms with Gasteiger partial charge < -0.3 is 9.47 Å². The number of aromatic nitrogens is 2. The van der Waals surface area contributed by atoms with Crippen molar-refractivity contribution in [3.05, 3.63) is 59.9 Å². The summed E-state index contributed by atoms with van der Waals surface area (Å²) in [5.41, 5.74) is 2.42. The van der Waals surface area contributed by atoms with Gasteiger partial charge >= 0.3 is 0 Å². The van der Waals surface area contributed by atoms with Gasteiger partial charge in [0, 0.05) is 18.2 Å². The maximum absolute atomic E-state index is 13.0. The van der Waals surface area contributed by atoms with Crippen LogP contribution in [-0.4, -0.2) is 43.4 Å². The molecule has 1 aromatic carbocycles. The summed E-state index contributed by atoms with van der Waals surface area (Å²) >= 11 is 0. The van der Waals surface area contributed by atoms with E-state index < -0.39 is 10.0 Å². The van der Waals surface area contributed by atoms with Gasteiger partial charge in [0.2, 0.25) is 5.96 Å². The third kappa shape index (κ3) is 3.96. The molecule has 0 radical (unpaired) electrons. The number of rotatable bonds is 4. The first-order valence-electron chi connectivity index (χ1n) is 10.4. The molecule has 0 amide bonds. The monoisotopic (exact) mass is 440 g/mol. The average Bonchev–Trinajstić information content (AvgIpc) is 3.17. The van der Waals surface area contributed by atoms with Crippen LogP contribution in [0.3, 0.4) is 0 Å². The van der Waals surface area contributed by atoms with Gasteiger partial charge in [-0.15, -0.1) is 0 Å². The van der Waals surface area contributed by atoms with Gasteiger partial charge in [-0.05, 0) is 56.5 Å². The molecule has 162 valence electrons. The van der Waals surface area contributed by atoms with Crippen LogP contribution in [-0.2, 0) is 19.5 Å². The molecule has 2 atom stereocenters. The molecule has 8 nitrogen and oxygen atoms in total. The Morgan fingerprint density at radius 2 is 2.03 bits per heavy atom. The number of hydrogen-bond acceptors (Lipinski definition) is 6. The summed E-state index contributed by atoms with van der Waals surface area (Å²) in [5.74, 6) is 0.216. The van der Waals surface area contributed by atoms with E-state index in [4.69, 9.17) is 9.47 Å². The van der Waals surface area contributed by atoms with Gasteiger partial charge in [0.05, 0.1) is 17.1 Å². The Kier molecular flexibility index (Phi) is 5.25. The van der Waals surface area contributed by atoms with Crippen LogP contribution in [0.15, 0.2) is 58.5 Å². The molecule has 0 spiro atoms. The van der Waals surface area contributed by atoms with Crippen LogP contribution in [0.1, 0.15) is 36.6 Å². The van der Waals surface area contributed by atoms with Crippen molar-refractivity contribution in [1.82, 2.24) is 14.3 Å². The first-order valence-corrected chi connectivity index (χ1v) is 11.9. The van der Waals surface area contributed by atoms with E-state index in [0.29, 0.717) is 18.8 Å². The van der Waals surface area contributed by atoms with E-state index in [1.807, 2.05) is 25.1 Å². The predicted molar refractivity (Wildman–Crippen MR) is 116 cm³/mol. The quantitative estimate of drug-likeness (QED) is 0.673. The van der Waals surface area contributed by atoms with E-state index in [2.05, 4.69) is 14.7 Å². The molecule has 0 bridgehead atoms. The first kappa shape index (κ1) is 20.2. The molecule has 3 aromatic rings. The standard InChI is InChI=1S/C22H24N4O4S/c1-15-7-9-17(10-8-15)31(27,28)25-22-24-14-19(30-20-6-2-3-12-29-20)18-13-16-5-4-11-23-21(16)26(18)22/h4-5,7-11,13,19-20H,2-3,6,12,14H2,1H3,(H,24,25). The summed E-state index contributed by atoms with van der Waals surface area (Å²) in [5, 5.41) is 0.889. The fourth-order valence-corrected chi connectivity index (χ4v) is 4.95. The highest BCUT2D eigenvalue weighted by Crippen LogP contribution is 2.31. The van der Waals surface area contributed by atoms with Crippen molar-refractivity contribution in [3.8, 4) is 0 Å². The van der Waals surface area contributed by atoms with Crippen LogP contribution in [0.5, 0.6) is 0 Å². The molecule has 2 unspecified atom stereocenters. The minimum Gasteiger partial charge on any atom is -0.353 e. The molecule has 0 saturated carbocycles. The summed E-state index contributed by atoms with van der Waals surface area (Å²) in [6.07, 6.45) is 4.00. The molecule has 0 aliphatic carbocycles. The maximum atomic E-state index is 13.0. The number of sulfonamides is 1. The zero-order valence-electron chi connectivity index (χ0n) is 17.2.